The highest BCUT2D eigenvalue weighted by Gasteiger charge is 2.24. The molecule has 0 fully saturated rings. The number of quaternary nitrogens is 1. The molecule has 0 aromatic heterocycles. The Morgan fingerprint density at radius 2 is 0.982 bits per heavy atom. The van der Waals surface area contributed by atoms with Gasteiger partial charge in [0.1, 0.15) is 19.3 Å². The number of hydrogen-bond donors (Lipinski definition) is 1. The Kier molecular flexibility index (Phi) is 38.3. The zero-order valence-corrected chi connectivity index (χ0v) is 38.4. The Hall–Kier alpha value is -0.700. The van der Waals surface area contributed by atoms with Crippen molar-refractivity contribution < 1.29 is 32.5 Å². The summed E-state index contributed by atoms with van der Waals surface area (Å²) >= 11 is 0. The van der Waals surface area contributed by atoms with E-state index in [0.29, 0.717) is 30.7 Å². The molecule has 2 atom stereocenters. The number of phosphoric acid groups is 1. The molecule has 0 radical (unpaired) electrons. The van der Waals surface area contributed by atoms with Gasteiger partial charge < -0.3 is 33.4 Å². The number of unbranched alkanes of at least 4 members (excludes halogenated alkanes) is 28. The SMILES string of the molecule is CCCCCCCCCCCCCCCCCCOCC(CN(CCCCCCCCCCCCCCCC)C(=O)NCC)OP(=O)([O-])OCC[N+](C)(C)C. The van der Waals surface area contributed by atoms with Gasteiger partial charge in [-0.1, -0.05) is 194 Å². The number of rotatable bonds is 43. The van der Waals surface area contributed by atoms with Crippen molar-refractivity contribution in [3.63, 3.8) is 0 Å². The van der Waals surface area contributed by atoms with Crippen LogP contribution in [0.1, 0.15) is 213 Å². The maximum Gasteiger partial charge on any atom is 0.317 e. The number of amides is 2. The van der Waals surface area contributed by atoms with Crippen molar-refractivity contribution in [1.29, 1.82) is 0 Å². The largest absolute Gasteiger partial charge is 0.756 e. The molecule has 0 bridgehead atoms. The van der Waals surface area contributed by atoms with E-state index in [9.17, 15) is 14.3 Å². The summed E-state index contributed by atoms with van der Waals surface area (Å²) in [5.74, 6) is 0. The summed E-state index contributed by atoms with van der Waals surface area (Å²) in [6.45, 7) is 8.83. The minimum atomic E-state index is -4.59. The molecule has 0 heterocycles. The van der Waals surface area contributed by atoms with Crippen LogP contribution in [0.15, 0.2) is 0 Å². The fraction of sp³-hybridized carbons (Fsp3) is 0.978. The van der Waals surface area contributed by atoms with Crippen LogP contribution >= 0.6 is 7.82 Å². The van der Waals surface area contributed by atoms with E-state index >= 15 is 0 Å². The fourth-order valence-corrected chi connectivity index (χ4v) is 7.86. The van der Waals surface area contributed by atoms with E-state index in [1.807, 2.05) is 28.1 Å². The number of urea groups is 1. The highest BCUT2D eigenvalue weighted by Crippen LogP contribution is 2.40. The number of phosphoric ester groups is 1. The van der Waals surface area contributed by atoms with Gasteiger partial charge in [0.05, 0.1) is 34.3 Å². The summed E-state index contributed by atoms with van der Waals surface area (Å²) in [6, 6.07) is -0.199. The summed E-state index contributed by atoms with van der Waals surface area (Å²) in [5, 5.41) is 2.90. The molecule has 0 aliphatic rings. The number of nitrogens with one attached hydrogen (secondary N) is 1. The molecule has 0 aliphatic carbocycles. The van der Waals surface area contributed by atoms with Crippen LogP contribution in [0, 0.1) is 0 Å². The second-order valence-corrected chi connectivity index (χ2v) is 18.6. The molecule has 0 rings (SSSR count). The van der Waals surface area contributed by atoms with Crippen LogP contribution in [0.2, 0.25) is 0 Å². The van der Waals surface area contributed by atoms with E-state index in [-0.39, 0.29) is 25.8 Å². The smallest absolute Gasteiger partial charge is 0.317 e. The third-order valence-electron chi connectivity index (χ3n) is 10.6. The minimum absolute atomic E-state index is 0.0378. The van der Waals surface area contributed by atoms with Gasteiger partial charge in [0, 0.05) is 19.7 Å². The Morgan fingerprint density at radius 3 is 1.36 bits per heavy atom. The molecule has 10 heteroatoms. The Balaban J connectivity index is 4.59. The number of hydrogen-bond acceptors (Lipinski definition) is 6. The molecule has 2 amide bonds. The second-order valence-electron chi connectivity index (χ2n) is 17.3. The molecule has 0 aromatic carbocycles. The van der Waals surface area contributed by atoms with Crippen molar-refractivity contribution in [1.82, 2.24) is 10.2 Å². The molecule has 9 nitrogen and oxygen atoms in total. The van der Waals surface area contributed by atoms with Gasteiger partial charge >= 0.3 is 6.03 Å². The zero-order valence-electron chi connectivity index (χ0n) is 37.5. The normalized spacial score (nSPS) is 13.6. The summed E-state index contributed by atoms with van der Waals surface area (Å²) < 4.78 is 30.3. The maximum atomic E-state index is 13.1. The number of likely N-dealkylation sites (N-methyl/N-ethyl adjacent to an activating group) is 1. The van der Waals surface area contributed by atoms with Crippen molar-refractivity contribution in [2.75, 3.05) is 67.1 Å². The van der Waals surface area contributed by atoms with Crippen LogP contribution < -0.4 is 10.2 Å². The molecule has 0 spiro atoms. The van der Waals surface area contributed by atoms with Gasteiger partial charge in [-0.25, -0.2) is 4.79 Å². The average molecular weight is 804 g/mol. The van der Waals surface area contributed by atoms with Crippen molar-refractivity contribution in [3.05, 3.63) is 0 Å². The lowest BCUT2D eigenvalue weighted by Gasteiger charge is -2.33. The summed E-state index contributed by atoms with van der Waals surface area (Å²) in [6.07, 6.45) is 38.0. The molecular weight excluding hydrogens is 709 g/mol. The Labute approximate surface area is 342 Å². The highest BCUT2D eigenvalue weighted by molar-refractivity contribution is 7.45. The summed E-state index contributed by atoms with van der Waals surface area (Å²) in [5.41, 5.74) is 0. The van der Waals surface area contributed by atoms with E-state index in [0.717, 1.165) is 32.1 Å². The Bertz CT molecular complexity index is 874. The molecule has 0 aromatic rings. The lowest BCUT2D eigenvalue weighted by Crippen LogP contribution is -2.46. The predicted octanol–water partition coefficient (Wildman–Crippen LogP) is 12.4. The van der Waals surface area contributed by atoms with Crippen molar-refractivity contribution in [2.45, 2.75) is 219 Å². The maximum absolute atomic E-state index is 13.1. The van der Waals surface area contributed by atoms with Gasteiger partial charge in [0.15, 0.2) is 0 Å². The molecular formula is C45H94N3O6P. The van der Waals surface area contributed by atoms with E-state index in [4.69, 9.17) is 13.8 Å². The number of carbonyl (C=O) groups excluding carboxylic acids is 1. The van der Waals surface area contributed by atoms with E-state index in [1.165, 1.54) is 161 Å². The van der Waals surface area contributed by atoms with Gasteiger partial charge in [-0.05, 0) is 19.8 Å². The van der Waals surface area contributed by atoms with Crippen LogP contribution in [0.3, 0.4) is 0 Å². The lowest BCUT2D eigenvalue weighted by atomic mass is 10.0. The number of nitrogens with zero attached hydrogens (tertiary/aromatic N) is 2. The van der Waals surface area contributed by atoms with Crippen LogP contribution in [-0.4, -0.2) is 88.7 Å². The Morgan fingerprint density at radius 1 is 0.600 bits per heavy atom. The minimum Gasteiger partial charge on any atom is -0.756 e. The number of carbonyl (C=O) groups is 1. The first-order chi connectivity index (χ1) is 26.5. The standard InChI is InChI=1S/C45H94N3O6P/c1-7-10-12-14-16-18-20-22-24-25-27-29-31-33-35-37-40-52-43-44(54-55(50,51)53-41-39-48(4,5)6)42-47(45(49)46-9-3)38-36-34-32-30-28-26-23-21-19-17-15-13-11-8-2/h44H,7-43H2,1-6H3,(H-,46,49,50,51). The third kappa shape index (κ3) is 39.9. The molecule has 0 saturated carbocycles. The first-order valence-electron chi connectivity index (χ1n) is 23.6. The van der Waals surface area contributed by atoms with Gasteiger partial charge in [-0.2, -0.15) is 0 Å². The van der Waals surface area contributed by atoms with Gasteiger partial charge in [-0.15, -0.1) is 0 Å². The van der Waals surface area contributed by atoms with Crippen molar-refractivity contribution >= 4 is 13.9 Å². The fourth-order valence-electron chi connectivity index (χ4n) is 7.00. The summed E-state index contributed by atoms with van der Waals surface area (Å²) in [4.78, 5) is 27.7. The predicted molar refractivity (Wildman–Crippen MR) is 233 cm³/mol. The molecule has 330 valence electrons. The van der Waals surface area contributed by atoms with Crippen LogP contribution in [0.4, 0.5) is 4.79 Å². The highest BCUT2D eigenvalue weighted by atomic mass is 31.2. The molecule has 55 heavy (non-hydrogen) atoms. The second kappa shape index (κ2) is 38.8. The monoisotopic (exact) mass is 804 g/mol. The molecule has 1 N–H and O–H groups in total. The van der Waals surface area contributed by atoms with Gasteiger partial charge in [0.25, 0.3) is 7.82 Å². The zero-order chi connectivity index (χ0) is 40.7. The first kappa shape index (κ1) is 54.3. The van der Waals surface area contributed by atoms with Crippen LogP contribution in [0.25, 0.3) is 0 Å². The lowest BCUT2D eigenvalue weighted by molar-refractivity contribution is -0.870. The van der Waals surface area contributed by atoms with E-state index in [1.54, 1.807) is 4.90 Å². The van der Waals surface area contributed by atoms with E-state index in [2.05, 4.69) is 19.2 Å². The van der Waals surface area contributed by atoms with Crippen LogP contribution in [-0.2, 0) is 18.3 Å². The molecule has 0 aliphatic heterocycles. The summed E-state index contributed by atoms with van der Waals surface area (Å²) in [7, 11) is 1.36. The third-order valence-corrected chi connectivity index (χ3v) is 11.6. The van der Waals surface area contributed by atoms with Gasteiger partial charge in [0.2, 0.25) is 0 Å². The quantitative estimate of drug-likeness (QED) is 0.0374. The van der Waals surface area contributed by atoms with Crippen molar-refractivity contribution in [2.24, 2.45) is 0 Å². The van der Waals surface area contributed by atoms with E-state index < -0.39 is 13.9 Å². The average Bonchev–Trinajstić information content (AvgIpc) is 3.13. The van der Waals surface area contributed by atoms with Crippen molar-refractivity contribution in [3.8, 4) is 0 Å². The number of ether oxygens (including phenoxy) is 1. The first-order valence-corrected chi connectivity index (χ1v) is 25.1. The molecule has 0 saturated heterocycles. The van der Waals surface area contributed by atoms with Gasteiger partial charge in [-0.3, -0.25) is 4.57 Å². The van der Waals surface area contributed by atoms with Crippen LogP contribution in [0.5, 0.6) is 0 Å². The topological polar surface area (TPSA) is 100 Å². The molecule has 2 unspecified atom stereocenters.